The van der Waals surface area contributed by atoms with Crippen molar-refractivity contribution < 1.29 is 9.53 Å². The number of nitrogens with one attached hydrogen (secondary N) is 1. The highest BCUT2D eigenvalue weighted by atomic mass is 35.5. The van der Waals surface area contributed by atoms with Gasteiger partial charge in [0.25, 0.3) is 5.91 Å². The predicted octanol–water partition coefficient (Wildman–Crippen LogP) is 1.70. The van der Waals surface area contributed by atoms with Gasteiger partial charge in [0.2, 0.25) is 0 Å². The molecule has 0 aliphatic heterocycles. The lowest BCUT2D eigenvalue weighted by Crippen LogP contribution is -2.34. The van der Waals surface area contributed by atoms with E-state index in [2.05, 4.69) is 5.32 Å². The van der Waals surface area contributed by atoms with Gasteiger partial charge >= 0.3 is 0 Å². The average Bonchev–Trinajstić information content (AvgIpc) is 2.25. The standard InChI is InChI=1S/C12H17ClN2O2/c1-8(2)15-12(16)7-17-10-4-3-9(6-14)11(13)5-10/h3-5,8H,6-7,14H2,1-2H3,(H,15,16). The molecular formula is C12H17ClN2O2. The van der Waals surface area contributed by atoms with Crippen LogP contribution in [0.2, 0.25) is 5.02 Å². The molecular weight excluding hydrogens is 240 g/mol. The zero-order chi connectivity index (χ0) is 12.8. The Labute approximate surface area is 106 Å². The molecule has 0 atom stereocenters. The molecule has 3 N–H and O–H groups in total. The molecule has 17 heavy (non-hydrogen) atoms. The molecule has 0 bridgehead atoms. The van der Waals surface area contributed by atoms with Gasteiger partial charge < -0.3 is 15.8 Å². The van der Waals surface area contributed by atoms with E-state index < -0.39 is 0 Å². The van der Waals surface area contributed by atoms with E-state index >= 15 is 0 Å². The van der Waals surface area contributed by atoms with E-state index in [1.54, 1.807) is 18.2 Å². The quantitative estimate of drug-likeness (QED) is 0.843. The zero-order valence-electron chi connectivity index (χ0n) is 10.00. The molecule has 0 fully saturated rings. The molecule has 0 unspecified atom stereocenters. The molecule has 0 heterocycles. The molecule has 1 amide bonds. The van der Waals surface area contributed by atoms with E-state index in [9.17, 15) is 4.79 Å². The maximum Gasteiger partial charge on any atom is 0.258 e. The maximum absolute atomic E-state index is 11.3. The van der Waals surface area contributed by atoms with Crippen molar-refractivity contribution in [1.29, 1.82) is 0 Å². The SMILES string of the molecule is CC(C)NC(=O)COc1ccc(CN)c(Cl)c1. The van der Waals surface area contributed by atoms with Crippen molar-refractivity contribution in [2.24, 2.45) is 5.73 Å². The minimum Gasteiger partial charge on any atom is -0.484 e. The number of amides is 1. The number of hydrogen-bond donors (Lipinski definition) is 2. The van der Waals surface area contributed by atoms with Gasteiger partial charge in [0.15, 0.2) is 6.61 Å². The Hall–Kier alpha value is -1.26. The Morgan fingerprint density at radius 1 is 1.53 bits per heavy atom. The van der Waals surface area contributed by atoms with Gasteiger partial charge in [0.05, 0.1) is 0 Å². The van der Waals surface area contributed by atoms with E-state index in [0.29, 0.717) is 17.3 Å². The van der Waals surface area contributed by atoms with Gasteiger partial charge in [0.1, 0.15) is 5.75 Å². The van der Waals surface area contributed by atoms with Crippen molar-refractivity contribution in [3.8, 4) is 5.75 Å². The molecule has 0 aliphatic carbocycles. The van der Waals surface area contributed by atoms with Gasteiger partial charge in [0, 0.05) is 17.6 Å². The second-order valence-corrected chi connectivity index (χ2v) is 4.38. The van der Waals surface area contributed by atoms with Crippen molar-refractivity contribution in [2.45, 2.75) is 26.4 Å². The lowest BCUT2D eigenvalue weighted by atomic mass is 10.2. The van der Waals surface area contributed by atoms with Crippen LogP contribution in [0.3, 0.4) is 0 Å². The van der Waals surface area contributed by atoms with Crippen LogP contribution in [0.1, 0.15) is 19.4 Å². The first-order valence-corrected chi connectivity index (χ1v) is 5.81. The van der Waals surface area contributed by atoms with Crippen molar-refractivity contribution >= 4 is 17.5 Å². The summed E-state index contributed by atoms with van der Waals surface area (Å²) in [6.45, 7) is 4.15. The highest BCUT2D eigenvalue weighted by Crippen LogP contribution is 2.22. The molecule has 94 valence electrons. The summed E-state index contributed by atoms with van der Waals surface area (Å²) in [5.41, 5.74) is 6.34. The summed E-state index contributed by atoms with van der Waals surface area (Å²) >= 11 is 5.97. The van der Waals surface area contributed by atoms with Gasteiger partial charge in [-0.2, -0.15) is 0 Å². The monoisotopic (exact) mass is 256 g/mol. The normalized spacial score (nSPS) is 10.4. The first-order chi connectivity index (χ1) is 8.02. The first-order valence-electron chi connectivity index (χ1n) is 5.43. The van der Waals surface area contributed by atoms with E-state index in [-0.39, 0.29) is 18.6 Å². The molecule has 0 aromatic heterocycles. The minimum absolute atomic E-state index is 0.0174. The van der Waals surface area contributed by atoms with Crippen LogP contribution in [0.15, 0.2) is 18.2 Å². The van der Waals surface area contributed by atoms with E-state index in [1.165, 1.54) is 0 Å². The summed E-state index contributed by atoms with van der Waals surface area (Å²) in [5.74, 6) is 0.408. The Morgan fingerprint density at radius 2 is 2.24 bits per heavy atom. The molecule has 0 spiro atoms. The molecule has 0 radical (unpaired) electrons. The topological polar surface area (TPSA) is 64.3 Å². The number of rotatable bonds is 5. The van der Waals surface area contributed by atoms with Gasteiger partial charge in [-0.15, -0.1) is 0 Å². The van der Waals surface area contributed by atoms with Crippen molar-refractivity contribution in [3.63, 3.8) is 0 Å². The molecule has 5 heteroatoms. The largest absolute Gasteiger partial charge is 0.484 e. The minimum atomic E-state index is -0.154. The van der Waals surface area contributed by atoms with Crippen LogP contribution in [0, 0.1) is 0 Å². The Bertz CT molecular complexity index is 394. The third kappa shape index (κ3) is 4.63. The molecule has 1 aromatic rings. The number of nitrogens with two attached hydrogens (primary N) is 1. The fourth-order valence-electron chi connectivity index (χ4n) is 1.30. The zero-order valence-corrected chi connectivity index (χ0v) is 10.8. The van der Waals surface area contributed by atoms with Crippen LogP contribution in [-0.2, 0) is 11.3 Å². The predicted molar refractivity (Wildman–Crippen MR) is 68.1 cm³/mol. The van der Waals surface area contributed by atoms with Crippen LogP contribution < -0.4 is 15.8 Å². The van der Waals surface area contributed by atoms with Crippen molar-refractivity contribution in [3.05, 3.63) is 28.8 Å². The Kier molecular flexibility index (Phi) is 5.25. The van der Waals surface area contributed by atoms with E-state index in [4.69, 9.17) is 22.1 Å². The summed E-state index contributed by atoms with van der Waals surface area (Å²) < 4.78 is 5.31. The highest BCUT2D eigenvalue weighted by Gasteiger charge is 2.05. The van der Waals surface area contributed by atoms with Gasteiger partial charge in [-0.05, 0) is 31.5 Å². The van der Waals surface area contributed by atoms with Gasteiger partial charge in [-0.1, -0.05) is 17.7 Å². The lowest BCUT2D eigenvalue weighted by Gasteiger charge is -2.10. The number of benzene rings is 1. The highest BCUT2D eigenvalue weighted by molar-refractivity contribution is 6.31. The van der Waals surface area contributed by atoms with Crippen molar-refractivity contribution in [2.75, 3.05) is 6.61 Å². The fraction of sp³-hybridized carbons (Fsp3) is 0.417. The van der Waals surface area contributed by atoms with Crippen LogP contribution in [0.5, 0.6) is 5.75 Å². The Morgan fingerprint density at radius 3 is 2.76 bits per heavy atom. The van der Waals surface area contributed by atoms with Gasteiger partial charge in [-0.3, -0.25) is 4.79 Å². The summed E-state index contributed by atoms with van der Waals surface area (Å²) in [4.78, 5) is 11.3. The fourth-order valence-corrected chi connectivity index (χ4v) is 1.54. The van der Waals surface area contributed by atoms with Crippen LogP contribution >= 0.6 is 11.6 Å². The second kappa shape index (κ2) is 6.47. The Balaban J connectivity index is 2.52. The number of carbonyl (C=O) groups excluding carboxylic acids is 1. The number of hydrogen-bond acceptors (Lipinski definition) is 3. The molecule has 0 aliphatic rings. The maximum atomic E-state index is 11.3. The number of carbonyl (C=O) groups is 1. The van der Waals surface area contributed by atoms with Crippen LogP contribution in [0.4, 0.5) is 0 Å². The van der Waals surface area contributed by atoms with E-state index in [0.717, 1.165) is 5.56 Å². The molecule has 1 aromatic carbocycles. The molecule has 0 saturated carbocycles. The average molecular weight is 257 g/mol. The van der Waals surface area contributed by atoms with E-state index in [1.807, 2.05) is 13.8 Å². The lowest BCUT2D eigenvalue weighted by molar-refractivity contribution is -0.123. The smallest absolute Gasteiger partial charge is 0.258 e. The third-order valence-electron chi connectivity index (χ3n) is 2.06. The van der Waals surface area contributed by atoms with Crippen LogP contribution in [0.25, 0.3) is 0 Å². The third-order valence-corrected chi connectivity index (χ3v) is 2.42. The summed E-state index contributed by atoms with van der Waals surface area (Å²) in [7, 11) is 0. The summed E-state index contributed by atoms with van der Waals surface area (Å²) in [6.07, 6.45) is 0. The first kappa shape index (κ1) is 13.8. The summed E-state index contributed by atoms with van der Waals surface area (Å²) in [5, 5.41) is 3.28. The van der Waals surface area contributed by atoms with Crippen molar-refractivity contribution in [1.82, 2.24) is 5.32 Å². The number of halogens is 1. The number of ether oxygens (including phenoxy) is 1. The summed E-state index contributed by atoms with van der Waals surface area (Å²) in [6, 6.07) is 5.30. The molecule has 0 saturated heterocycles. The van der Waals surface area contributed by atoms with Gasteiger partial charge in [-0.25, -0.2) is 0 Å². The molecule has 4 nitrogen and oxygen atoms in total. The van der Waals surface area contributed by atoms with Crippen LogP contribution in [-0.4, -0.2) is 18.6 Å². The second-order valence-electron chi connectivity index (χ2n) is 3.97. The molecule has 1 rings (SSSR count).